The highest BCUT2D eigenvalue weighted by atomic mass is 35.5. The molecule has 9 nitrogen and oxygen atoms in total. The molecule has 178 valence electrons. The molecule has 2 aromatic carbocycles. The van der Waals surface area contributed by atoms with E-state index in [1.54, 1.807) is 12.1 Å². The maximum absolute atomic E-state index is 12.7. The van der Waals surface area contributed by atoms with E-state index in [9.17, 15) is 14.4 Å². The van der Waals surface area contributed by atoms with Gasteiger partial charge >= 0.3 is 5.97 Å². The van der Waals surface area contributed by atoms with Gasteiger partial charge in [-0.25, -0.2) is 9.78 Å². The Morgan fingerprint density at radius 2 is 1.82 bits per heavy atom. The Morgan fingerprint density at radius 1 is 1.12 bits per heavy atom. The van der Waals surface area contributed by atoms with Crippen molar-refractivity contribution < 1.29 is 19.5 Å². The van der Waals surface area contributed by atoms with E-state index in [-0.39, 0.29) is 34.1 Å². The van der Waals surface area contributed by atoms with Gasteiger partial charge in [0.25, 0.3) is 5.91 Å². The molecule has 0 aliphatic carbocycles. The number of thioether (sulfide) groups is 1. The Hall–Kier alpha value is -3.08. The molecule has 0 bridgehead atoms. The predicted molar refractivity (Wildman–Crippen MR) is 131 cm³/mol. The number of aromatic carboxylic acids is 1. The number of nitrogens with one attached hydrogen (secondary N) is 3. The van der Waals surface area contributed by atoms with Crippen LogP contribution in [0.5, 0.6) is 0 Å². The van der Waals surface area contributed by atoms with Gasteiger partial charge in [0.05, 0.1) is 27.9 Å². The van der Waals surface area contributed by atoms with Crippen molar-refractivity contribution in [1.82, 2.24) is 20.5 Å². The smallest absolute Gasteiger partial charge is 0.335 e. The summed E-state index contributed by atoms with van der Waals surface area (Å²) in [6, 6.07) is 10.0. The molecule has 1 aromatic heterocycles. The third-order valence-electron chi connectivity index (χ3n) is 4.65. The summed E-state index contributed by atoms with van der Waals surface area (Å²) in [6.45, 7) is 3.85. The van der Waals surface area contributed by atoms with Crippen molar-refractivity contribution in [2.24, 2.45) is 5.92 Å². The summed E-state index contributed by atoms with van der Waals surface area (Å²) >= 11 is 13.2. The number of anilines is 1. The lowest BCUT2D eigenvalue weighted by Crippen LogP contribution is -2.32. The number of amides is 2. The number of carboxylic acid groups (broad SMARTS) is 1. The van der Waals surface area contributed by atoms with Gasteiger partial charge in [-0.15, -0.1) is 5.10 Å². The van der Waals surface area contributed by atoms with Crippen LogP contribution in [-0.2, 0) is 4.79 Å². The number of H-pyrrole nitrogens is 1. The molecule has 0 saturated heterocycles. The fourth-order valence-corrected chi connectivity index (χ4v) is 4.03. The van der Waals surface area contributed by atoms with Crippen LogP contribution in [0.3, 0.4) is 0 Å². The molecule has 0 aliphatic rings. The zero-order valence-electron chi connectivity index (χ0n) is 18.1. The van der Waals surface area contributed by atoms with Gasteiger partial charge in [-0.1, -0.05) is 48.8 Å². The number of nitrogens with zero attached hydrogens (tertiary/aromatic N) is 2. The van der Waals surface area contributed by atoms with Gasteiger partial charge in [0, 0.05) is 10.7 Å². The molecule has 1 heterocycles. The molecular formula is C22H21Cl2N5O4S. The van der Waals surface area contributed by atoms with Gasteiger partial charge in [-0.2, -0.15) is 0 Å². The Bertz CT molecular complexity index is 1200. The molecule has 3 aromatic rings. The largest absolute Gasteiger partial charge is 0.478 e. The number of carbonyl (C=O) groups excluding carboxylic acids is 2. The molecule has 0 radical (unpaired) electrons. The molecule has 4 N–H and O–H groups in total. The molecule has 0 fully saturated rings. The van der Waals surface area contributed by atoms with Gasteiger partial charge in [-0.05, 0) is 48.4 Å². The fourth-order valence-electron chi connectivity index (χ4n) is 2.93. The lowest BCUT2D eigenvalue weighted by atomic mass is 10.0. The second kappa shape index (κ2) is 11.4. The maximum Gasteiger partial charge on any atom is 0.335 e. The SMILES string of the molecule is CC(C)[C@H](NC(=O)c1ccc(Cl)cc1Cl)c1nc(SCC(=O)Nc2ccc(C(=O)O)cc2)n[nH]1. The summed E-state index contributed by atoms with van der Waals surface area (Å²) in [5.41, 5.74) is 0.902. The molecule has 0 aliphatic heterocycles. The summed E-state index contributed by atoms with van der Waals surface area (Å²) in [5, 5.41) is 22.5. The lowest BCUT2D eigenvalue weighted by molar-refractivity contribution is -0.113. The van der Waals surface area contributed by atoms with Crippen LogP contribution in [0.2, 0.25) is 10.0 Å². The summed E-state index contributed by atoms with van der Waals surface area (Å²) in [6.07, 6.45) is 0. The van der Waals surface area contributed by atoms with Crippen molar-refractivity contribution in [3.63, 3.8) is 0 Å². The second-order valence-corrected chi connectivity index (χ2v) is 9.33. The van der Waals surface area contributed by atoms with Crippen LogP contribution in [0.15, 0.2) is 47.6 Å². The number of carbonyl (C=O) groups is 3. The standard InChI is InChI=1S/C22H21Cl2N5O4S/c1-11(2)18(26-20(31)15-8-5-13(23)9-16(15)24)19-27-22(29-28-19)34-10-17(30)25-14-6-3-12(4-7-14)21(32)33/h3-9,11,18H,10H2,1-2H3,(H,25,30)(H,26,31)(H,32,33)(H,27,28,29)/t18-/m0/s1. The predicted octanol–water partition coefficient (Wildman–Crippen LogP) is 4.67. The third-order valence-corrected chi connectivity index (χ3v) is 6.05. The van der Waals surface area contributed by atoms with E-state index < -0.39 is 12.0 Å². The first-order chi connectivity index (χ1) is 16.1. The summed E-state index contributed by atoms with van der Waals surface area (Å²) in [7, 11) is 0. The first-order valence-electron chi connectivity index (χ1n) is 10.1. The van der Waals surface area contributed by atoms with Crippen molar-refractivity contribution in [2.45, 2.75) is 25.0 Å². The van der Waals surface area contributed by atoms with Gasteiger partial charge in [0.2, 0.25) is 11.1 Å². The van der Waals surface area contributed by atoms with Crippen LogP contribution in [-0.4, -0.2) is 43.8 Å². The van der Waals surface area contributed by atoms with Crippen LogP contribution in [0, 0.1) is 5.92 Å². The minimum absolute atomic E-state index is 0.0158. The van der Waals surface area contributed by atoms with E-state index in [2.05, 4.69) is 25.8 Å². The number of benzene rings is 2. The number of aromatic nitrogens is 3. The highest BCUT2D eigenvalue weighted by molar-refractivity contribution is 7.99. The quantitative estimate of drug-likeness (QED) is 0.300. The fraction of sp³-hybridized carbons (Fsp3) is 0.227. The number of aromatic amines is 1. The van der Waals surface area contributed by atoms with Crippen LogP contribution in [0.1, 0.15) is 46.4 Å². The highest BCUT2D eigenvalue weighted by Crippen LogP contribution is 2.25. The van der Waals surface area contributed by atoms with Gasteiger partial charge < -0.3 is 15.7 Å². The molecule has 34 heavy (non-hydrogen) atoms. The first-order valence-corrected chi connectivity index (χ1v) is 11.8. The molecular weight excluding hydrogens is 501 g/mol. The second-order valence-electron chi connectivity index (χ2n) is 7.54. The van der Waals surface area contributed by atoms with Crippen LogP contribution >= 0.6 is 35.0 Å². The number of hydrogen-bond donors (Lipinski definition) is 4. The van der Waals surface area contributed by atoms with Crippen LogP contribution in [0.25, 0.3) is 0 Å². The molecule has 12 heteroatoms. The molecule has 0 unspecified atom stereocenters. The van der Waals surface area contributed by atoms with Gasteiger partial charge in [0.15, 0.2) is 0 Å². The minimum Gasteiger partial charge on any atom is -0.478 e. The van der Waals surface area contributed by atoms with Crippen molar-refractivity contribution in [3.8, 4) is 0 Å². The first kappa shape index (κ1) is 25.5. The van der Waals surface area contributed by atoms with E-state index in [0.717, 1.165) is 11.8 Å². The van der Waals surface area contributed by atoms with Gasteiger partial charge in [0.1, 0.15) is 5.82 Å². The van der Waals surface area contributed by atoms with Crippen molar-refractivity contribution in [3.05, 3.63) is 69.5 Å². The number of hydrogen-bond acceptors (Lipinski definition) is 6. The molecule has 2 amide bonds. The molecule has 1 atom stereocenters. The lowest BCUT2D eigenvalue weighted by Gasteiger charge is -2.20. The van der Waals surface area contributed by atoms with Crippen LogP contribution < -0.4 is 10.6 Å². The van der Waals surface area contributed by atoms with Crippen LogP contribution in [0.4, 0.5) is 5.69 Å². The van der Waals surface area contributed by atoms with E-state index in [4.69, 9.17) is 28.3 Å². The van der Waals surface area contributed by atoms with Crippen molar-refractivity contribution in [2.75, 3.05) is 11.1 Å². The Morgan fingerprint density at radius 3 is 2.44 bits per heavy atom. The third kappa shape index (κ3) is 6.72. The maximum atomic E-state index is 12.7. The zero-order valence-corrected chi connectivity index (χ0v) is 20.5. The summed E-state index contributed by atoms with van der Waals surface area (Å²) in [5.74, 6) is -1.25. The molecule has 3 rings (SSSR count). The molecule has 0 saturated carbocycles. The van der Waals surface area contributed by atoms with Crippen molar-refractivity contribution in [1.29, 1.82) is 0 Å². The Kier molecular flexibility index (Phi) is 8.54. The Labute approximate surface area is 209 Å². The monoisotopic (exact) mass is 521 g/mol. The van der Waals surface area contributed by atoms with E-state index in [0.29, 0.717) is 27.3 Å². The van der Waals surface area contributed by atoms with E-state index in [1.165, 1.54) is 30.3 Å². The normalized spacial score (nSPS) is 11.8. The summed E-state index contributed by atoms with van der Waals surface area (Å²) in [4.78, 5) is 40.3. The average molecular weight is 522 g/mol. The topological polar surface area (TPSA) is 137 Å². The average Bonchev–Trinajstić information content (AvgIpc) is 3.24. The van der Waals surface area contributed by atoms with Crippen molar-refractivity contribution >= 4 is 58.4 Å². The number of rotatable bonds is 9. The van der Waals surface area contributed by atoms with E-state index in [1.807, 2.05) is 13.8 Å². The number of carboxylic acids is 1. The Balaban J connectivity index is 1.60. The highest BCUT2D eigenvalue weighted by Gasteiger charge is 2.24. The van der Waals surface area contributed by atoms with Gasteiger partial charge in [-0.3, -0.25) is 14.7 Å². The number of halogens is 2. The van der Waals surface area contributed by atoms with E-state index >= 15 is 0 Å². The zero-order chi connectivity index (χ0) is 24.8. The molecule has 0 spiro atoms. The summed E-state index contributed by atoms with van der Waals surface area (Å²) < 4.78 is 0. The minimum atomic E-state index is -1.04.